The fourth-order valence-corrected chi connectivity index (χ4v) is 2.28. The molecule has 1 saturated carbocycles. The number of hydrogen-bond donors (Lipinski definition) is 3. The van der Waals surface area contributed by atoms with Gasteiger partial charge < -0.3 is 15.7 Å². The molecule has 0 aromatic heterocycles. The number of carbonyl (C=O) groups is 1. The largest absolute Gasteiger partial charge is 0.396 e. The molecule has 0 radical (unpaired) electrons. The van der Waals surface area contributed by atoms with Gasteiger partial charge in [0.2, 0.25) is 5.91 Å². The van der Waals surface area contributed by atoms with Crippen LogP contribution in [-0.4, -0.2) is 37.3 Å². The van der Waals surface area contributed by atoms with Crippen molar-refractivity contribution in [3.05, 3.63) is 35.9 Å². The molecule has 1 aliphatic carbocycles. The standard InChI is InChI=1S/C16H24N2O2.ClH/c19-9-8-15(14-4-2-1-3-5-14)11-18-16(20)12-17-10-13-6-7-13;/h1-5,13,15,17,19H,6-12H2,(H,18,20);1H. The molecule has 5 heteroatoms. The van der Waals surface area contributed by atoms with Gasteiger partial charge in [-0.1, -0.05) is 30.3 Å². The number of amides is 1. The zero-order chi connectivity index (χ0) is 14.2. The Kier molecular flexibility index (Phi) is 8.35. The molecule has 21 heavy (non-hydrogen) atoms. The van der Waals surface area contributed by atoms with Crippen LogP contribution in [0, 0.1) is 5.92 Å². The summed E-state index contributed by atoms with van der Waals surface area (Å²) in [6.45, 7) is 2.05. The third-order valence-electron chi connectivity index (χ3n) is 3.71. The molecule has 2 rings (SSSR count). The molecule has 1 fully saturated rings. The van der Waals surface area contributed by atoms with Crippen LogP contribution in [0.3, 0.4) is 0 Å². The minimum Gasteiger partial charge on any atom is -0.396 e. The molecule has 1 amide bonds. The van der Waals surface area contributed by atoms with E-state index < -0.39 is 0 Å². The van der Waals surface area contributed by atoms with E-state index in [2.05, 4.69) is 10.6 Å². The second-order valence-electron chi connectivity index (χ2n) is 5.50. The van der Waals surface area contributed by atoms with Crippen molar-refractivity contribution in [1.29, 1.82) is 0 Å². The highest BCUT2D eigenvalue weighted by atomic mass is 35.5. The van der Waals surface area contributed by atoms with Crippen LogP contribution >= 0.6 is 12.4 Å². The van der Waals surface area contributed by atoms with E-state index >= 15 is 0 Å². The smallest absolute Gasteiger partial charge is 0.233 e. The summed E-state index contributed by atoms with van der Waals surface area (Å²) in [4.78, 5) is 11.7. The lowest BCUT2D eigenvalue weighted by Crippen LogP contribution is -2.37. The number of rotatable bonds is 9. The second-order valence-corrected chi connectivity index (χ2v) is 5.50. The van der Waals surface area contributed by atoms with E-state index in [1.165, 1.54) is 12.8 Å². The molecule has 0 aliphatic heterocycles. The summed E-state index contributed by atoms with van der Waals surface area (Å²) in [7, 11) is 0. The van der Waals surface area contributed by atoms with Gasteiger partial charge in [0.25, 0.3) is 0 Å². The van der Waals surface area contributed by atoms with Crippen molar-refractivity contribution in [3.8, 4) is 0 Å². The number of benzene rings is 1. The van der Waals surface area contributed by atoms with E-state index in [1.807, 2.05) is 30.3 Å². The van der Waals surface area contributed by atoms with Gasteiger partial charge in [0.1, 0.15) is 0 Å². The fourth-order valence-electron chi connectivity index (χ4n) is 2.28. The molecule has 4 nitrogen and oxygen atoms in total. The molecule has 1 atom stereocenters. The number of nitrogens with one attached hydrogen (secondary N) is 2. The van der Waals surface area contributed by atoms with Crippen molar-refractivity contribution in [2.75, 3.05) is 26.2 Å². The summed E-state index contributed by atoms with van der Waals surface area (Å²) in [6, 6.07) is 10.0. The van der Waals surface area contributed by atoms with E-state index in [4.69, 9.17) is 5.11 Å². The maximum atomic E-state index is 11.7. The maximum Gasteiger partial charge on any atom is 0.233 e. The predicted molar refractivity (Wildman–Crippen MR) is 86.7 cm³/mol. The molecule has 0 spiro atoms. The van der Waals surface area contributed by atoms with Crippen molar-refractivity contribution in [1.82, 2.24) is 10.6 Å². The predicted octanol–water partition coefficient (Wildman–Crippen LogP) is 1.69. The Labute approximate surface area is 132 Å². The summed E-state index contributed by atoms with van der Waals surface area (Å²) in [6.07, 6.45) is 3.25. The first-order chi connectivity index (χ1) is 9.79. The number of aliphatic hydroxyl groups excluding tert-OH is 1. The number of carbonyl (C=O) groups excluding carboxylic acids is 1. The van der Waals surface area contributed by atoms with Crippen LogP contribution in [0.5, 0.6) is 0 Å². The van der Waals surface area contributed by atoms with Gasteiger partial charge in [-0.25, -0.2) is 0 Å². The second kappa shape index (κ2) is 9.77. The minimum absolute atomic E-state index is 0. The van der Waals surface area contributed by atoms with Crippen molar-refractivity contribution in [2.45, 2.75) is 25.2 Å². The average molecular weight is 313 g/mol. The molecule has 1 unspecified atom stereocenters. The molecule has 1 aliphatic rings. The van der Waals surface area contributed by atoms with Gasteiger partial charge >= 0.3 is 0 Å². The number of halogens is 1. The Balaban J connectivity index is 0.00000220. The van der Waals surface area contributed by atoms with Crippen LogP contribution in [0.2, 0.25) is 0 Å². The van der Waals surface area contributed by atoms with Crippen molar-refractivity contribution in [3.63, 3.8) is 0 Å². The van der Waals surface area contributed by atoms with Crippen LogP contribution in [-0.2, 0) is 4.79 Å². The first-order valence-electron chi connectivity index (χ1n) is 7.43. The van der Waals surface area contributed by atoms with E-state index in [-0.39, 0.29) is 30.8 Å². The lowest BCUT2D eigenvalue weighted by Gasteiger charge is -2.17. The van der Waals surface area contributed by atoms with Gasteiger partial charge in [0, 0.05) is 19.1 Å². The lowest BCUT2D eigenvalue weighted by atomic mass is 9.96. The summed E-state index contributed by atoms with van der Waals surface area (Å²) in [5.41, 5.74) is 1.16. The third kappa shape index (κ3) is 6.93. The van der Waals surface area contributed by atoms with E-state index in [1.54, 1.807) is 0 Å². The molecule has 1 aromatic carbocycles. The molecular weight excluding hydrogens is 288 g/mol. The maximum absolute atomic E-state index is 11.7. The van der Waals surface area contributed by atoms with Gasteiger partial charge in [0.15, 0.2) is 0 Å². The van der Waals surface area contributed by atoms with Gasteiger partial charge in [-0.2, -0.15) is 0 Å². The first-order valence-corrected chi connectivity index (χ1v) is 7.43. The third-order valence-corrected chi connectivity index (χ3v) is 3.71. The van der Waals surface area contributed by atoms with Crippen LogP contribution < -0.4 is 10.6 Å². The highest BCUT2D eigenvalue weighted by molar-refractivity contribution is 5.85. The molecule has 3 N–H and O–H groups in total. The molecule has 0 heterocycles. The highest BCUT2D eigenvalue weighted by Crippen LogP contribution is 2.27. The lowest BCUT2D eigenvalue weighted by molar-refractivity contribution is -0.120. The zero-order valence-electron chi connectivity index (χ0n) is 12.3. The van der Waals surface area contributed by atoms with Crippen molar-refractivity contribution < 1.29 is 9.90 Å². The molecule has 118 valence electrons. The summed E-state index contributed by atoms with van der Waals surface area (Å²) in [5, 5.41) is 15.3. The van der Waals surface area contributed by atoms with E-state index in [9.17, 15) is 4.79 Å². The topological polar surface area (TPSA) is 61.4 Å². The minimum atomic E-state index is 0. The van der Waals surface area contributed by atoms with Gasteiger partial charge in [-0.15, -0.1) is 12.4 Å². The van der Waals surface area contributed by atoms with Gasteiger partial charge in [0.05, 0.1) is 6.54 Å². The summed E-state index contributed by atoms with van der Waals surface area (Å²) in [5.74, 6) is 0.993. The fraction of sp³-hybridized carbons (Fsp3) is 0.562. The Hall–Kier alpha value is -1.10. The van der Waals surface area contributed by atoms with Crippen LogP contribution in [0.15, 0.2) is 30.3 Å². The van der Waals surface area contributed by atoms with Crippen molar-refractivity contribution >= 4 is 18.3 Å². The summed E-state index contributed by atoms with van der Waals surface area (Å²) < 4.78 is 0. The van der Waals surface area contributed by atoms with Gasteiger partial charge in [-0.05, 0) is 37.3 Å². The highest BCUT2D eigenvalue weighted by Gasteiger charge is 2.20. The molecule has 1 aromatic rings. The molecule has 0 bridgehead atoms. The van der Waals surface area contributed by atoms with E-state index in [0.29, 0.717) is 19.5 Å². The Morgan fingerprint density at radius 1 is 1.29 bits per heavy atom. The number of hydrogen-bond acceptors (Lipinski definition) is 3. The Morgan fingerprint density at radius 3 is 2.62 bits per heavy atom. The van der Waals surface area contributed by atoms with Crippen LogP contribution in [0.25, 0.3) is 0 Å². The summed E-state index contributed by atoms with van der Waals surface area (Å²) >= 11 is 0. The Morgan fingerprint density at radius 2 is 2.00 bits per heavy atom. The van der Waals surface area contributed by atoms with Gasteiger partial charge in [-0.3, -0.25) is 4.79 Å². The Bertz CT molecular complexity index is 410. The first kappa shape index (κ1) is 18.0. The van der Waals surface area contributed by atoms with Crippen LogP contribution in [0.1, 0.15) is 30.7 Å². The number of aliphatic hydroxyl groups is 1. The normalized spacial score (nSPS) is 15.1. The van der Waals surface area contributed by atoms with Crippen LogP contribution in [0.4, 0.5) is 0 Å². The SMILES string of the molecule is Cl.O=C(CNCC1CC1)NCC(CCO)c1ccccc1. The monoisotopic (exact) mass is 312 g/mol. The average Bonchev–Trinajstić information content (AvgIpc) is 3.28. The van der Waals surface area contributed by atoms with E-state index in [0.717, 1.165) is 18.0 Å². The molecular formula is C16H25ClN2O2. The molecule has 0 saturated heterocycles. The van der Waals surface area contributed by atoms with Crippen molar-refractivity contribution in [2.24, 2.45) is 5.92 Å². The quantitative estimate of drug-likeness (QED) is 0.650. The zero-order valence-corrected chi connectivity index (χ0v) is 13.1.